The number of nitrogens with zero attached hydrogens (tertiary/aromatic N) is 2. The van der Waals surface area contributed by atoms with Crippen LogP contribution in [0.25, 0.3) is 0 Å². The van der Waals surface area contributed by atoms with Crippen molar-refractivity contribution >= 4 is 42.4 Å². The molecule has 1 amide bonds. The Morgan fingerprint density at radius 2 is 1.55 bits per heavy atom. The smallest absolute Gasteiger partial charge is 0.340 e. The van der Waals surface area contributed by atoms with Gasteiger partial charge in [0.25, 0.3) is 0 Å². The van der Waals surface area contributed by atoms with Gasteiger partial charge in [-0.05, 0) is 44.7 Å². The van der Waals surface area contributed by atoms with E-state index >= 15 is 0 Å². The van der Waals surface area contributed by atoms with Crippen LogP contribution >= 0.6 is 24.8 Å². The van der Waals surface area contributed by atoms with Crippen LogP contribution in [0.3, 0.4) is 0 Å². The Kier molecular flexibility index (Phi) is 16.9. The van der Waals surface area contributed by atoms with Gasteiger partial charge in [0, 0.05) is 6.54 Å². The fourth-order valence-corrected chi connectivity index (χ4v) is 3.01. The minimum absolute atomic E-state index is 0. The number of carbonyl (C=O) groups is 2. The molecule has 1 rings (SSSR count). The Morgan fingerprint density at radius 1 is 0.966 bits per heavy atom. The lowest BCUT2D eigenvalue weighted by Gasteiger charge is -2.32. The molecule has 0 aliphatic rings. The number of esters is 1. The van der Waals surface area contributed by atoms with E-state index in [0.717, 1.165) is 32.6 Å². The van der Waals surface area contributed by atoms with E-state index in [1.165, 1.54) is 0 Å². The Balaban J connectivity index is 0. The van der Waals surface area contributed by atoms with Crippen molar-refractivity contribution in [2.45, 2.75) is 47.1 Å². The number of anilines is 1. The highest BCUT2D eigenvalue weighted by Gasteiger charge is 2.27. The van der Waals surface area contributed by atoms with E-state index in [4.69, 9.17) is 4.74 Å². The number of nitrogens with one attached hydrogen (secondary N) is 1. The maximum atomic E-state index is 13.1. The van der Waals surface area contributed by atoms with Gasteiger partial charge in [0.05, 0.1) is 17.9 Å². The molecule has 1 unspecified atom stereocenters. The average molecular weight is 450 g/mol. The van der Waals surface area contributed by atoms with Crippen LogP contribution in [0.1, 0.15) is 51.4 Å². The number of rotatable bonds is 12. The fraction of sp³-hybridized carbons (Fsp3) is 0.619. The molecule has 0 aliphatic heterocycles. The van der Waals surface area contributed by atoms with E-state index in [2.05, 4.69) is 42.8 Å². The quantitative estimate of drug-likeness (QED) is 0.486. The molecule has 0 heterocycles. The van der Waals surface area contributed by atoms with Gasteiger partial charge in [0.1, 0.15) is 6.04 Å². The Bertz CT molecular complexity index is 594. The molecule has 6 nitrogen and oxygen atoms in total. The summed E-state index contributed by atoms with van der Waals surface area (Å²) in [5, 5.41) is 2.96. The standard InChI is InChI=1S/C21H35N3O3.2ClH/c1-6-15-27-21(26)17-13-11-12-14-18(17)22-20(25)19(24(9-4)10-5)16-23(7-2)8-3;;/h11-14,19H,6-10,15-16H2,1-5H3,(H,22,25);2*1H. The monoisotopic (exact) mass is 449 g/mol. The van der Waals surface area contributed by atoms with E-state index < -0.39 is 5.97 Å². The predicted octanol–water partition coefficient (Wildman–Crippen LogP) is 4.09. The van der Waals surface area contributed by atoms with Crippen LogP contribution in [-0.2, 0) is 9.53 Å². The zero-order valence-electron chi connectivity index (χ0n) is 18.3. The molecule has 0 fully saturated rings. The molecular formula is C21H37Cl2N3O3. The van der Waals surface area contributed by atoms with Gasteiger partial charge >= 0.3 is 5.97 Å². The molecule has 0 radical (unpaired) electrons. The Morgan fingerprint density at radius 3 is 2.07 bits per heavy atom. The van der Waals surface area contributed by atoms with Crippen LogP contribution in [0.4, 0.5) is 5.69 Å². The van der Waals surface area contributed by atoms with Crippen LogP contribution in [0.5, 0.6) is 0 Å². The normalized spacial score (nSPS) is 11.4. The largest absolute Gasteiger partial charge is 0.462 e. The van der Waals surface area contributed by atoms with E-state index in [-0.39, 0.29) is 36.8 Å². The van der Waals surface area contributed by atoms with Crippen LogP contribution in [0.15, 0.2) is 24.3 Å². The summed E-state index contributed by atoms with van der Waals surface area (Å²) in [6.07, 6.45) is 0.758. The third-order valence-electron chi connectivity index (χ3n) is 4.72. The molecule has 1 atom stereocenters. The van der Waals surface area contributed by atoms with E-state index in [0.29, 0.717) is 24.4 Å². The maximum Gasteiger partial charge on any atom is 0.340 e. The summed E-state index contributed by atoms with van der Waals surface area (Å²) in [5.74, 6) is -0.503. The summed E-state index contributed by atoms with van der Waals surface area (Å²) in [4.78, 5) is 29.8. The van der Waals surface area contributed by atoms with Gasteiger partial charge in [-0.25, -0.2) is 4.79 Å². The number of amides is 1. The SMILES string of the molecule is CCCOC(=O)c1ccccc1NC(=O)C(CN(CC)CC)N(CC)CC.Cl.Cl. The van der Waals surface area contributed by atoms with Crippen LogP contribution < -0.4 is 5.32 Å². The average Bonchev–Trinajstić information content (AvgIpc) is 2.69. The van der Waals surface area contributed by atoms with Gasteiger partial charge in [-0.2, -0.15) is 0 Å². The summed E-state index contributed by atoms with van der Waals surface area (Å²) in [6, 6.07) is 6.74. The minimum Gasteiger partial charge on any atom is -0.462 e. The first kappa shape index (κ1) is 29.9. The van der Waals surface area contributed by atoms with Crippen molar-refractivity contribution in [3.05, 3.63) is 29.8 Å². The number of carbonyl (C=O) groups excluding carboxylic acids is 2. The third-order valence-corrected chi connectivity index (χ3v) is 4.72. The van der Waals surface area contributed by atoms with Crippen molar-refractivity contribution in [2.24, 2.45) is 0 Å². The second-order valence-corrected chi connectivity index (χ2v) is 6.39. The number of benzene rings is 1. The van der Waals surface area contributed by atoms with E-state index in [1.807, 2.05) is 13.0 Å². The molecule has 0 aromatic heterocycles. The minimum atomic E-state index is -0.407. The first-order valence-corrected chi connectivity index (χ1v) is 10.1. The highest BCUT2D eigenvalue weighted by Crippen LogP contribution is 2.18. The van der Waals surface area contributed by atoms with Crippen molar-refractivity contribution in [3.8, 4) is 0 Å². The lowest BCUT2D eigenvalue weighted by molar-refractivity contribution is -0.121. The molecule has 8 heteroatoms. The molecule has 0 aliphatic carbocycles. The second kappa shape index (κ2) is 16.5. The highest BCUT2D eigenvalue weighted by atomic mass is 35.5. The fourth-order valence-electron chi connectivity index (χ4n) is 3.01. The molecule has 29 heavy (non-hydrogen) atoms. The van der Waals surface area contributed by atoms with Gasteiger partial charge in [-0.1, -0.05) is 46.8 Å². The van der Waals surface area contributed by atoms with Crippen LogP contribution in [0, 0.1) is 0 Å². The number of likely N-dealkylation sites (N-methyl/N-ethyl adjacent to an activating group) is 2. The molecule has 0 bridgehead atoms. The van der Waals surface area contributed by atoms with Gasteiger partial charge in [-0.3, -0.25) is 9.69 Å². The summed E-state index contributed by atoms with van der Waals surface area (Å²) >= 11 is 0. The highest BCUT2D eigenvalue weighted by molar-refractivity contribution is 6.02. The number of para-hydroxylation sites is 1. The predicted molar refractivity (Wildman–Crippen MR) is 125 cm³/mol. The molecule has 1 aromatic rings. The lowest BCUT2D eigenvalue weighted by Crippen LogP contribution is -2.50. The molecule has 0 saturated heterocycles. The number of halogens is 2. The molecule has 0 saturated carbocycles. The summed E-state index contributed by atoms with van der Waals surface area (Å²) in [6.45, 7) is 14.6. The molecule has 1 N–H and O–H groups in total. The first-order valence-electron chi connectivity index (χ1n) is 10.1. The topological polar surface area (TPSA) is 61.9 Å². The number of hydrogen-bond acceptors (Lipinski definition) is 5. The molecule has 0 spiro atoms. The molecule has 1 aromatic carbocycles. The zero-order chi connectivity index (χ0) is 20.2. The van der Waals surface area contributed by atoms with Crippen LogP contribution in [-0.4, -0.2) is 67.0 Å². The van der Waals surface area contributed by atoms with Crippen molar-refractivity contribution in [1.29, 1.82) is 0 Å². The lowest BCUT2D eigenvalue weighted by atomic mass is 10.1. The van der Waals surface area contributed by atoms with Gasteiger partial charge in [0.2, 0.25) is 5.91 Å². The third kappa shape index (κ3) is 9.34. The van der Waals surface area contributed by atoms with Crippen molar-refractivity contribution in [2.75, 3.05) is 44.6 Å². The molecule has 168 valence electrons. The zero-order valence-corrected chi connectivity index (χ0v) is 19.9. The Hall–Kier alpha value is -1.34. The summed E-state index contributed by atoms with van der Waals surface area (Å²) in [5.41, 5.74) is 0.890. The number of ether oxygens (including phenoxy) is 1. The Labute approximate surface area is 188 Å². The maximum absolute atomic E-state index is 13.1. The first-order chi connectivity index (χ1) is 13.0. The van der Waals surface area contributed by atoms with E-state index in [1.54, 1.807) is 18.2 Å². The van der Waals surface area contributed by atoms with Gasteiger partial charge < -0.3 is 15.0 Å². The van der Waals surface area contributed by atoms with Crippen molar-refractivity contribution in [1.82, 2.24) is 9.80 Å². The van der Waals surface area contributed by atoms with Crippen LogP contribution in [0.2, 0.25) is 0 Å². The van der Waals surface area contributed by atoms with Gasteiger partial charge in [0.15, 0.2) is 0 Å². The van der Waals surface area contributed by atoms with Gasteiger partial charge in [-0.15, -0.1) is 24.8 Å². The second-order valence-electron chi connectivity index (χ2n) is 6.39. The van der Waals surface area contributed by atoms with Crippen molar-refractivity contribution < 1.29 is 14.3 Å². The summed E-state index contributed by atoms with van der Waals surface area (Å²) < 4.78 is 5.24. The molecular weight excluding hydrogens is 413 g/mol. The summed E-state index contributed by atoms with van der Waals surface area (Å²) in [7, 11) is 0. The van der Waals surface area contributed by atoms with Crippen molar-refractivity contribution in [3.63, 3.8) is 0 Å². The number of hydrogen-bond donors (Lipinski definition) is 1. The van der Waals surface area contributed by atoms with E-state index in [9.17, 15) is 9.59 Å².